The highest BCUT2D eigenvalue weighted by molar-refractivity contribution is 5.16. The van der Waals surface area contributed by atoms with E-state index in [1.165, 1.54) is 5.56 Å². The molecule has 16 heavy (non-hydrogen) atoms. The molecule has 0 saturated carbocycles. The van der Waals surface area contributed by atoms with Gasteiger partial charge in [0.1, 0.15) is 6.10 Å². The molecule has 1 aromatic carbocycles. The molecule has 1 aliphatic heterocycles. The summed E-state index contributed by atoms with van der Waals surface area (Å²) in [7, 11) is 0. The Morgan fingerprint density at radius 1 is 1.12 bits per heavy atom. The van der Waals surface area contributed by atoms with Crippen LogP contribution < -0.4 is 0 Å². The van der Waals surface area contributed by atoms with Gasteiger partial charge in [0.15, 0.2) is 5.79 Å². The van der Waals surface area contributed by atoms with E-state index in [0.29, 0.717) is 0 Å². The van der Waals surface area contributed by atoms with Gasteiger partial charge in [-0.15, -0.1) is 0 Å². The number of aliphatic hydroxyl groups is 1. The third-order valence-corrected chi connectivity index (χ3v) is 2.74. The van der Waals surface area contributed by atoms with Crippen molar-refractivity contribution in [1.29, 1.82) is 0 Å². The third-order valence-electron chi connectivity index (χ3n) is 2.74. The molecule has 2 rings (SSSR count). The van der Waals surface area contributed by atoms with Crippen LogP contribution in [-0.4, -0.2) is 29.7 Å². The first-order chi connectivity index (χ1) is 7.61. The van der Waals surface area contributed by atoms with E-state index >= 15 is 0 Å². The molecule has 0 radical (unpaired) electrons. The molecule has 1 aliphatic rings. The van der Waals surface area contributed by atoms with Crippen molar-refractivity contribution in [2.45, 2.75) is 38.3 Å². The zero-order chi connectivity index (χ0) is 11.6. The Bertz CT molecular complexity index is 334. The maximum absolute atomic E-state index is 9.24. The Morgan fingerprint density at radius 2 is 1.75 bits per heavy atom. The summed E-state index contributed by atoms with van der Waals surface area (Å²) < 4.78 is 11.4. The first-order valence-electron chi connectivity index (χ1n) is 5.61. The van der Waals surface area contributed by atoms with Crippen molar-refractivity contribution in [3.8, 4) is 0 Å². The van der Waals surface area contributed by atoms with Crippen LogP contribution in [0.3, 0.4) is 0 Å². The summed E-state index contributed by atoms with van der Waals surface area (Å²) >= 11 is 0. The summed E-state index contributed by atoms with van der Waals surface area (Å²) in [4.78, 5) is 0. The second-order valence-corrected chi connectivity index (χ2v) is 4.58. The highest BCUT2D eigenvalue weighted by atomic mass is 16.8. The van der Waals surface area contributed by atoms with Crippen molar-refractivity contribution in [2.75, 3.05) is 6.61 Å². The van der Waals surface area contributed by atoms with Crippen molar-refractivity contribution in [3.63, 3.8) is 0 Å². The lowest BCUT2D eigenvalue weighted by atomic mass is 10.0. The summed E-state index contributed by atoms with van der Waals surface area (Å²) in [5.41, 5.74) is 1.20. The zero-order valence-electron chi connectivity index (χ0n) is 9.72. The lowest BCUT2D eigenvalue weighted by Crippen LogP contribution is -2.28. The van der Waals surface area contributed by atoms with Crippen LogP contribution in [0.5, 0.6) is 0 Å². The average Bonchev–Trinajstić information content (AvgIpc) is 2.54. The minimum atomic E-state index is -0.590. The molecule has 0 unspecified atom stereocenters. The van der Waals surface area contributed by atoms with Crippen LogP contribution in [0, 0.1) is 0 Å². The quantitative estimate of drug-likeness (QED) is 0.846. The molecular formula is C13H18O3. The van der Waals surface area contributed by atoms with E-state index in [2.05, 4.69) is 12.1 Å². The van der Waals surface area contributed by atoms with E-state index in [-0.39, 0.29) is 18.8 Å². The first-order valence-corrected chi connectivity index (χ1v) is 5.61. The highest BCUT2D eigenvalue weighted by Gasteiger charge is 2.40. The van der Waals surface area contributed by atoms with Crippen molar-refractivity contribution in [3.05, 3.63) is 35.9 Å². The van der Waals surface area contributed by atoms with Gasteiger partial charge < -0.3 is 14.6 Å². The van der Waals surface area contributed by atoms with Gasteiger partial charge in [-0.2, -0.15) is 0 Å². The van der Waals surface area contributed by atoms with Crippen LogP contribution >= 0.6 is 0 Å². The normalized spacial score (nSPS) is 28.2. The molecule has 1 saturated heterocycles. The van der Waals surface area contributed by atoms with Gasteiger partial charge in [-0.3, -0.25) is 0 Å². The van der Waals surface area contributed by atoms with Crippen LogP contribution in [0.25, 0.3) is 0 Å². The Hall–Kier alpha value is -0.900. The summed E-state index contributed by atoms with van der Waals surface area (Å²) in [6.07, 6.45) is 0.479. The fourth-order valence-corrected chi connectivity index (χ4v) is 2.08. The molecule has 0 spiro atoms. The van der Waals surface area contributed by atoms with E-state index < -0.39 is 5.79 Å². The van der Waals surface area contributed by atoms with Crippen molar-refractivity contribution in [2.24, 2.45) is 0 Å². The fourth-order valence-electron chi connectivity index (χ4n) is 2.08. The van der Waals surface area contributed by atoms with Gasteiger partial charge in [0.05, 0.1) is 12.7 Å². The molecule has 0 aromatic heterocycles. The molecule has 1 N–H and O–H groups in total. The van der Waals surface area contributed by atoms with E-state index in [4.69, 9.17) is 9.47 Å². The van der Waals surface area contributed by atoms with Crippen LogP contribution in [0.15, 0.2) is 30.3 Å². The Morgan fingerprint density at radius 3 is 2.38 bits per heavy atom. The van der Waals surface area contributed by atoms with E-state index in [1.807, 2.05) is 32.0 Å². The molecule has 1 fully saturated rings. The number of ether oxygens (including phenoxy) is 2. The van der Waals surface area contributed by atoms with Gasteiger partial charge >= 0.3 is 0 Å². The standard InChI is InChI=1S/C13H18O3/c1-13(2)15-11(12(9-14)16-13)8-10-6-4-3-5-7-10/h3-7,11-12,14H,8-9H2,1-2H3/t11-,12-/m0/s1. The summed E-state index contributed by atoms with van der Waals surface area (Å²) in [5.74, 6) is -0.590. The second kappa shape index (κ2) is 4.53. The van der Waals surface area contributed by atoms with Crippen molar-refractivity contribution >= 4 is 0 Å². The molecular weight excluding hydrogens is 204 g/mol. The van der Waals surface area contributed by atoms with E-state index in [9.17, 15) is 5.11 Å². The average molecular weight is 222 g/mol. The molecule has 1 heterocycles. The molecule has 0 aliphatic carbocycles. The summed E-state index contributed by atoms with van der Waals surface area (Å²) in [6.45, 7) is 3.75. The van der Waals surface area contributed by atoms with Crippen molar-refractivity contribution in [1.82, 2.24) is 0 Å². The third kappa shape index (κ3) is 2.61. The highest BCUT2D eigenvalue weighted by Crippen LogP contribution is 2.29. The smallest absolute Gasteiger partial charge is 0.163 e. The molecule has 1 aromatic rings. The largest absolute Gasteiger partial charge is 0.394 e. The van der Waals surface area contributed by atoms with Gasteiger partial charge in [0.2, 0.25) is 0 Å². The van der Waals surface area contributed by atoms with E-state index in [1.54, 1.807) is 0 Å². The van der Waals surface area contributed by atoms with Gasteiger partial charge in [-0.05, 0) is 19.4 Å². The van der Waals surface area contributed by atoms with Gasteiger partial charge in [0, 0.05) is 6.42 Å². The SMILES string of the molecule is CC1(C)O[C@@H](CO)[C@H](Cc2ccccc2)O1. The number of benzene rings is 1. The summed E-state index contributed by atoms with van der Waals surface area (Å²) in [5, 5.41) is 9.24. The Labute approximate surface area is 96.0 Å². The van der Waals surface area contributed by atoms with Gasteiger partial charge in [0.25, 0.3) is 0 Å². The van der Waals surface area contributed by atoms with Crippen LogP contribution in [0.2, 0.25) is 0 Å². The maximum atomic E-state index is 9.24. The van der Waals surface area contributed by atoms with Gasteiger partial charge in [-0.25, -0.2) is 0 Å². The van der Waals surface area contributed by atoms with Crippen LogP contribution in [0.4, 0.5) is 0 Å². The van der Waals surface area contributed by atoms with E-state index in [0.717, 1.165) is 6.42 Å². The number of aliphatic hydroxyl groups excluding tert-OH is 1. The predicted octanol–water partition coefficient (Wildman–Crippen LogP) is 1.74. The minimum Gasteiger partial charge on any atom is -0.394 e. The molecule has 3 nitrogen and oxygen atoms in total. The molecule has 0 amide bonds. The second-order valence-electron chi connectivity index (χ2n) is 4.58. The van der Waals surface area contributed by atoms with Crippen molar-refractivity contribution < 1.29 is 14.6 Å². The molecule has 88 valence electrons. The monoisotopic (exact) mass is 222 g/mol. The number of rotatable bonds is 3. The molecule has 3 heteroatoms. The summed E-state index contributed by atoms with van der Waals surface area (Å²) in [6, 6.07) is 10.1. The lowest BCUT2D eigenvalue weighted by molar-refractivity contribution is -0.149. The lowest BCUT2D eigenvalue weighted by Gasteiger charge is -2.16. The number of hydrogen-bond acceptors (Lipinski definition) is 3. The number of hydrogen-bond donors (Lipinski definition) is 1. The zero-order valence-corrected chi connectivity index (χ0v) is 9.72. The Kier molecular flexibility index (Phi) is 3.28. The minimum absolute atomic E-state index is 0.000923. The molecule has 2 atom stereocenters. The molecule has 0 bridgehead atoms. The maximum Gasteiger partial charge on any atom is 0.163 e. The first kappa shape index (κ1) is 11.6. The van der Waals surface area contributed by atoms with Crippen LogP contribution in [-0.2, 0) is 15.9 Å². The Balaban J connectivity index is 2.04. The topological polar surface area (TPSA) is 38.7 Å². The predicted molar refractivity (Wildman–Crippen MR) is 61.1 cm³/mol. The fraction of sp³-hybridized carbons (Fsp3) is 0.538. The van der Waals surface area contributed by atoms with Gasteiger partial charge in [-0.1, -0.05) is 30.3 Å². The van der Waals surface area contributed by atoms with Crippen LogP contribution in [0.1, 0.15) is 19.4 Å².